The second-order valence-corrected chi connectivity index (χ2v) is 4.88. The molecule has 0 fully saturated rings. The van der Waals surface area contributed by atoms with Crippen molar-refractivity contribution in [1.29, 1.82) is 0 Å². The second kappa shape index (κ2) is 5.65. The quantitative estimate of drug-likeness (QED) is 0.578. The maximum absolute atomic E-state index is 12.0. The fraction of sp³-hybridized carbons (Fsp3) is 0. The molecular formula is C17H14N2O3. The first-order valence-corrected chi connectivity index (χ1v) is 6.70. The Kier molecular flexibility index (Phi) is 3.53. The van der Waals surface area contributed by atoms with Crippen LogP contribution in [0.15, 0.2) is 60.7 Å². The van der Waals surface area contributed by atoms with Crippen LogP contribution in [0.4, 0.5) is 16.2 Å². The first-order valence-electron chi connectivity index (χ1n) is 6.70. The van der Waals surface area contributed by atoms with Gasteiger partial charge >= 0.3 is 6.03 Å². The number of phenols is 2. The van der Waals surface area contributed by atoms with Crippen molar-refractivity contribution >= 4 is 28.2 Å². The standard InChI is InChI=1S/C17H14N2O3/c20-15-8-14(9-16(21)10-15)19-17(22)18-13-6-5-11-3-1-2-4-12(11)7-13/h1-10,20-21H,(H2,18,19,22). The number of nitrogens with one attached hydrogen (secondary N) is 2. The van der Waals surface area contributed by atoms with Crippen LogP contribution in [-0.4, -0.2) is 16.2 Å². The largest absolute Gasteiger partial charge is 0.508 e. The molecule has 3 aromatic carbocycles. The molecule has 0 heterocycles. The van der Waals surface area contributed by atoms with Gasteiger partial charge in [0.25, 0.3) is 0 Å². The van der Waals surface area contributed by atoms with Crippen molar-refractivity contribution < 1.29 is 15.0 Å². The predicted octanol–water partition coefficient (Wildman–Crippen LogP) is 3.90. The van der Waals surface area contributed by atoms with E-state index in [2.05, 4.69) is 10.6 Å². The average molecular weight is 294 g/mol. The first-order chi connectivity index (χ1) is 10.6. The van der Waals surface area contributed by atoms with Crippen LogP contribution in [0.3, 0.4) is 0 Å². The normalized spacial score (nSPS) is 10.4. The number of carbonyl (C=O) groups excluding carboxylic acids is 1. The summed E-state index contributed by atoms with van der Waals surface area (Å²) in [6, 6.07) is 16.9. The van der Waals surface area contributed by atoms with Gasteiger partial charge in [-0.1, -0.05) is 30.3 Å². The van der Waals surface area contributed by atoms with Gasteiger partial charge in [-0.15, -0.1) is 0 Å². The van der Waals surface area contributed by atoms with E-state index in [1.54, 1.807) is 0 Å². The highest BCUT2D eigenvalue weighted by Gasteiger charge is 2.05. The molecule has 0 spiro atoms. The topological polar surface area (TPSA) is 81.6 Å². The number of carbonyl (C=O) groups is 1. The van der Waals surface area contributed by atoms with E-state index in [0.29, 0.717) is 11.4 Å². The molecule has 4 N–H and O–H groups in total. The Hall–Kier alpha value is -3.21. The van der Waals surface area contributed by atoms with Crippen LogP contribution in [0.1, 0.15) is 0 Å². The van der Waals surface area contributed by atoms with Crippen molar-refractivity contribution in [3.8, 4) is 11.5 Å². The first kappa shape index (κ1) is 13.8. The van der Waals surface area contributed by atoms with E-state index in [-0.39, 0.29) is 11.5 Å². The molecule has 0 unspecified atom stereocenters. The lowest BCUT2D eigenvalue weighted by Crippen LogP contribution is -2.19. The molecule has 0 saturated carbocycles. The van der Waals surface area contributed by atoms with E-state index in [0.717, 1.165) is 10.8 Å². The van der Waals surface area contributed by atoms with Gasteiger partial charge in [0.2, 0.25) is 0 Å². The molecule has 0 bridgehead atoms. The monoisotopic (exact) mass is 294 g/mol. The highest BCUT2D eigenvalue weighted by molar-refractivity contribution is 6.01. The van der Waals surface area contributed by atoms with Gasteiger partial charge in [0.1, 0.15) is 11.5 Å². The molecular weight excluding hydrogens is 280 g/mol. The number of phenolic OH excluding ortho intramolecular Hbond substituents is 2. The summed E-state index contributed by atoms with van der Waals surface area (Å²) in [5, 5.41) is 26.1. The molecule has 0 saturated heterocycles. The van der Waals surface area contributed by atoms with Crippen LogP contribution in [0.5, 0.6) is 11.5 Å². The Morgan fingerprint density at radius 1 is 0.727 bits per heavy atom. The van der Waals surface area contributed by atoms with Gasteiger partial charge in [-0.2, -0.15) is 0 Å². The number of rotatable bonds is 2. The number of anilines is 2. The van der Waals surface area contributed by atoms with Gasteiger partial charge in [-0.05, 0) is 22.9 Å². The fourth-order valence-electron chi connectivity index (χ4n) is 2.23. The molecule has 5 nitrogen and oxygen atoms in total. The number of hydrogen-bond acceptors (Lipinski definition) is 3. The van der Waals surface area contributed by atoms with Gasteiger partial charge in [-0.3, -0.25) is 0 Å². The molecule has 110 valence electrons. The zero-order valence-corrected chi connectivity index (χ0v) is 11.6. The van der Waals surface area contributed by atoms with Gasteiger partial charge in [-0.25, -0.2) is 4.79 Å². The van der Waals surface area contributed by atoms with E-state index >= 15 is 0 Å². The van der Waals surface area contributed by atoms with Crippen LogP contribution >= 0.6 is 0 Å². The minimum atomic E-state index is -0.458. The third-order valence-electron chi connectivity index (χ3n) is 3.17. The summed E-state index contributed by atoms with van der Waals surface area (Å²) < 4.78 is 0. The predicted molar refractivity (Wildman–Crippen MR) is 86.4 cm³/mol. The van der Waals surface area contributed by atoms with Crippen LogP contribution in [-0.2, 0) is 0 Å². The van der Waals surface area contributed by atoms with Crippen molar-refractivity contribution in [2.75, 3.05) is 10.6 Å². The van der Waals surface area contributed by atoms with E-state index < -0.39 is 6.03 Å². The van der Waals surface area contributed by atoms with Crippen molar-refractivity contribution in [1.82, 2.24) is 0 Å². The van der Waals surface area contributed by atoms with E-state index in [9.17, 15) is 15.0 Å². The van der Waals surface area contributed by atoms with Gasteiger partial charge in [0.15, 0.2) is 0 Å². The van der Waals surface area contributed by atoms with Crippen molar-refractivity contribution in [3.05, 3.63) is 60.7 Å². The van der Waals surface area contributed by atoms with Crippen molar-refractivity contribution in [2.45, 2.75) is 0 Å². The molecule has 22 heavy (non-hydrogen) atoms. The lowest BCUT2D eigenvalue weighted by molar-refractivity contribution is 0.262. The summed E-state index contributed by atoms with van der Waals surface area (Å²) in [5.41, 5.74) is 0.955. The number of urea groups is 1. The summed E-state index contributed by atoms with van der Waals surface area (Å²) in [6.45, 7) is 0. The maximum atomic E-state index is 12.0. The Morgan fingerprint density at radius 2 is 1.36 bits per heavy atom. The number of fused-ring (bicyclic) bond motifs is 1. The summed E-state index contributed by atoms with van der Waals surface area (Å²) in [4.78, 5) is 12.0. The molecule has 2 amide bonds. The summed E-state index contributed by atoms with van der Waals surface area (Å²) in [6.07, 6.45) is 0. The Balaban J connectivity index is 1.75. The van der Waals surface area contributed by atoms with Crippen LogP contribution < -0.4 is 10.6 Å². The molecule has 0 radical (unpaired) electrons. The Bertz CT molecular complexity index is 826. The molecule has 0 aliphatic rings. The second-order valence-electron chi connectivity index (χ2n) is 4.88. The number of amides is 2. The van der Waals surface area contributed by atoms with Gasteiger partial charge in [0.05, 0.1) is 0 Å². The number of benzene rings is 3. The van der Waals surface area contributed by atoms with E-state index in [1.165, 1.54) is 18.2 Å². The van der Waals surface area contributed by atoms with Crippen LogP contribution in [0, 0.1) is 0 Å². The lowest BCUT2D eigenvalue weighted by Gasteiger charge is -2.09. The average Bonchev–Trinajstić information content (AvgIpc) is 2.45. The highest BCUT2D eigenvalue weighted by Crippen LogP contribution is 2.24. The third-order valence-corrected chi connectivity index (χ3v) is 3.17. The molecule has 0 aliphatic heterocycles. The van der Waals surface area contributed by atoms with Crippen LogP contribution in [0.25, 0.3) is 10.8 Å². The third kappa shape index (κ3) is 3.09. The summed E-state index contributed by atoms with van der Waals surface area (Å²) >= 11 is 0. The van der Waals surface area contributed by atoms with Gasteiger partial charge < -0.3 is 20.8 Å². The zero-order valence-electron chi connectivity index (χ0n) is 11.6. The number of hydrogen-bond donors (Lipinski definition) is 4. The van der Waals surface area contributed by atoms with Crippen molar-refractivity contribution in [3.63, 3.8) is 0 Å². The SMILES string of the molecule is O=C(Nc1cc(O)cc(O)c1)Nc1ccc2ccccc2c1. The molecule has 3 rings (SSSR count). The highest BCUT2D eigenvalue weighted by atomic mass is 16.3. The van der Waals surface area contributed by atoms with Crippen LogP contribution in [0.2, 0.25) is 0 Å². The Morgan fingerprint density at radius 3 is 2.09 bits per heavy atom. The minimum absolute atomic E-state index is 0.124. The Labute approximate surface area is 126 Å². The smallest absolute Gasteiger partial charge is 0.323 e. The minimum Gasteiger partial charge on any atom is -0.508 e. The molecule has 0 aliphatic carbocycles. The summed E-state index contributed by atoms with van der Waals surface area (Å²) in [5.74, 6) is -0.248. The number of aromatic hydroxyl groups is 2. The van der Waals surface area contributed by atoms with Gasteiger partial charge in [0, 0.05) is 29.6 Å². The fourth-order valence-corrected chi connectivity index (χ4v) is 2.23. The van der Waals surface area contributed by atoms with E-state index in [1.807, 2.05) is 42.5 Å². The molecule has 5 heteroatoms. The molecule has 0 atom stereocenters. The maximum Gasteiger partial charge on any atom is 0.323 e. The van der Waals surface area contributed by atoms with Crippen molar-refractivity contribution in [2.24, 2.45) is 0 Å². The lowest BCUT2D eigenvalue weighted by atomic mass is 10.1. The molecule has 3 aromatic rings. The molecule has 0 aromatic heterocycles. The zero-order chi connectivity index (χ0) is 15.5. The van der Waals surface area contributed by atoms with E-state index in [4.69, 9.17) is 0 Å². The summed E-state index contributed by atoms with van der Waals surface area (Å²) in [7, 11) is 0.